The second kappa shape index (κ2) is 6.28. The molecule has 2 aromatic carbocycles. The zero-order chi connectivity index (χ0) is 17.4. The lowest BCUT2D eigenvalue weighted by atomic mass is 9.72. The van der Waals surface area contributed by atoms with E-state index in [-0.39, 0.29) is 11.5 Å². The molecule has 4 nitrogen and oxygen atoms in total. The minimum atomic E-state index is -0.871. The molecule has 1 aliphatic heterocycles. The van der Waals surface area contributed by atoms with Crippen molar-refractivity contribution in [1.82, 2.24) is 4.90 Å². The third kappa shape index (κ3) is 2.75. The van der Waals surface area contributed by atoms with E-state index in [1.54, 1.807) is 12.1 Å². The molecule has 0 amide bonds. The molecular formula is C21H23NO3. The molecule has 1 heterocycles. The average molecular weight is 337 g/mol. The first kappa shape index (κ1) is 16.3. The van der Waals surface area contributed by atoms with Crippen molar-refractivity contribution >= 4 is 5.97 Å². The fourth-order valence-electron chi connectivity index (χ4n) is 4.59. The molecule has 2 aliphatic rings. The summed E-state index contributed by atoms with van der Waals surface area (Å²) in [5.74, 6) is -0.871. The molecular weight excluding hydrogens is 314 g/mol. The van der Waals surface area contributed by atoms with E-state index in [0.29, 0.717) is 12.1 Å². The highest BCUT2D eigenvalue weighted by atomic mass is 16.4. The van der Waals surface area contributed by atoms with E-state index in [2.05, 4.69) is 23.1 Å². The number of benzene rings is 2. The van der Waals surface area contributed by atoms with Gasteiger partial charge in [-0.05, 0) is 55.1 Å². The number of carboxylic acids is 1. The molecule has 4 heteroatoms. The summed E-state index contributed by atoms with van der Waals surface area (Å²) in [4.78, 5) is 13.7. The van der Waals surface area contributed by atoms with Crippen molar-refractivity contribution in [3.05, 3.63) is 70.8 Å². The lowest BCUT2D eigenvalue weighted by molar-refractivity contribution is 0.0412. The van der Waals surface area contributed by atoms with Crippen LogP contribution in [0.15, 0.2) is 48.5 Å². The van der Waals surface area contributed by atoms with Crippen LogP contribution in [-0.2, 0) is 18.4 Å². The van der Waals surface area contributed by atoms with E-state index in [9.17, 15) is 15.0 Å². The van der Waals surface area contributed by atoms with Crippen LogP contribution in [0.3, 0.4) is 0 Å². The third-order valence-electron chi connectivity index (χ3n) is 5.99. The number of carbonyl (C=O) groups is 1. The summed E-state index contributed by atoms with van der Waals surface area (Å²) in [7, 11) is 0. The van der Waals surface area contributed by atoms with Gasteiger partial charge in [0.1, 0.15) is 0 Å². The van der Waals surface area contributed by atoms with Gasteiger partial charge in [0.25, 0.3) is 0 Å². The summed E-state index contributed by atoms with van der Waals surface area (Å²) in [6.07, 6.45) is 2.28. The van der Waals surface area contributed by atoms with Gasteiger partial charge in [0.2, 0.25) is 0 Å². The molecule has 1 atom stereocenters. The standard InChI is InChI=1S/C21H23NO3/c23-19-13-15-5-2-4-8-18(15)21(19)9-11-22(12-10-21)14-16-6-1-3-7-17(16)20(24)25/h1-8,19,23H,9-14H2,(H,24,25)/t19-/m1/s1. The van der Waals surface area contributed by atoms with Gasteiger partial charge in [-0.1, -0.05) is 42.5 Å². The smallest absolute Gasteiger partial charge is 0.336 e. The highest BCUT2D eigenvalue weighted by Gasteiger charge is 2.47. The first-order chi connectivity index (χ1) is 12.1. The number of fused-ring (bicyclic) bond motifs is 2. The fraction of sp³-hybridized carbons (Fsp3) is 0.381. The second-order valence-corrected chi connectivity index (χ2v) is 7.27. The van der Waals surface area contributed by atoms with E-state index in [0.717, 1.165) is 37.9 Å². The Labute approximate surface area is 147 Å². The monoisotopic (exact) mass is 337 g/mol. The minimum Gasteiger partial charge on any atom is -0.478 e. The highest BCUT2D eigenvalue weighted by Crippen LogP contribution is 2.46. The van der Waals surface area contributed by atoms with E-state index < -0.39 is 5.97 Å². The summed E-state index contributed by atoms with van der Waals surface area (Å²) < 4.78 is 0. The first-order valence-electron chi connectivity index (χ1n) is 8.90. The SMILES string of the molecule is O=C(O)c1ccccc1CN1CCC2(CC1)c1ccccc1C[C@H]2O. The van der Waals surface area contributed by atoms with Crippen LogP contribution >= 0.6 is 0 Å². The number of hydrogen-bond donors (Lipinski definition) is 2. The molecule has 1 saturated heterocycles. The van der Waals surface area contributed by atoms with Crippen LogP contribution in [0.5, 0.6) is 0 Å². The molecule has 0 aromatic heterocycles. The van der Waals surface area contributed by atoms with Gasteiger partial charge in [-0.3, -0.25) is 4.90 Å². The summed E-state index contributed by atoms with van der Waals surface area (Å²) in [6, 6.07) is 15.6. The second-order valence-electron chi connectivity index (χ2n) is 7.27. The van der Waals surface area contributed by atoms with Gasteiger partial charge in [-0.25, -0.2) is 4.79 Å². The van der Waals surface area contributed by atoms with E-state index in [4.69, 9.17) is 0 Å². The van der Waals surface area contributed by atoms with Crippen LogP contribution in [0.1, 0.15) is 39.9 Å². The highest BCUT2D eigenvalue weighted by molar-refractivity contribution is 5.89. The quantitative estimate of drug-likeness (QED) is 0.904. The molecule has 130 valence electrons. The molecule has 25 heavy (non-hydrogen) atoms. The Bertz CT molecular complexity index is 793. The van der Waals surface area contributed by atoms with Crippen molar-refractivity contribution in [2.24, 2.45) is 0 Å². The number of nitrogens with zero attached hydrogens (tertiary/aromatic N) is 1. The zero-order valence-electron chi connectivity index (χ0n) is 14.2. The van der Waals surface area contributed by atoms with Crippen molar-refractivity contribution in [2.75, 3.05) is 13.1 Å². The largest absolute Gasteiger partial charge is 0.478 e. The van der Waals surface area contributed by atoms with Gasteiger partial charge in [0.15, 0.2) is 0 Å². The molecule has 0 bridgehead atoms. The lowest BCUT2D eigenvalue weighted by Crippen LogP contribution is -2.47. The number of piperidine rings is 1. The van der Waals surface area contributed by atoms with Crippen molar-refractivity contribution in [3.8, 4) is 0 Å². The molecule has 0 unspecified atom stereocenters. The number of aliphatic hydroxyl groups is 1. The van der Waals surface area contributed by atoms with Crippen LogP contribution < -0.4 is 0 Å². The normalized spacial score (nSPS) is 22.0. The number of likely N-dealkylation sites (tertiary alicyclic amines) is 1. The molecule has 2 N–H and O–H groups in total. The van der Waals surface area contributed by atoms with Gasteiger partial charge < -0.3 is 10.2 Å². The van der Waals surface area contributed by atoms with Crippen molar-refractivity contribution < 1.29 is 15.0 Å². The number of aromatic carboxylic acids is 1. The van der Waals surface area contributed by atoms with Crippen LogP contribution in [0, 0.1) is 0 Å². The molecule has 4 rings (SSSR count). The van der Waals surface area contributed by atoms with E-state index in [1.165, 1.54) is 11.1 Å². The Morgan fingerprint density at radius 1 is 1.08 bits per heavy atom. The van der Waals surface area contributed by atoms with Crippen molar-refractivity contribution in [2.45, 2.75) is 37.3 Å². The Morgan fingerprint density at radius 2 is 1.76 bits per heavy atom. The number of hydrogen-bond acceptors (Lipinski definition) is 3. The first-order valence-corrected chi connectivity index (χ1v) is 8.90. The Kier molecular flexibility index (Phi) is 4.10. The predicted molar refractivity (Wildman–Crippen MR) is 95.7 cm³/mol. The van der Waals surface area contributed by atoms with Crippen LogP contribution in [-0.4, -0.2) is 40.3 Å². The van der Waals surface area contributed by atoms with E-state index >= 15 is 0 Å². The molecule has 1 spiro atoms. The molecule has 1 aliphatic carbocycles. The lowest BCUT2D eigenvalue weighted by Gasteiger charge is -2.42. The fourth-order valence-corrected chi connectivity index (χ4v) is 4.59. The summed E-state index contributed by atoms with van der Waals surface area (Å²) in [5.41, 5.74) is 3.71. The van der Waals surface area contributed by atoms with Gasteiger partial charge >= 0.3 is 5.97 Å². The average Bonchev–Trinajstić information content (AvgIpc) is 2.89. The number of aliphatic hydroxyl groups excluding tert-OH is 1. The van der Waals surface area contributed by atoms with Gasteiger partial charge in [0, 0.05) is 12.0 Å². The Morgan fingerprint density at radius 3 is 2.52 bits per heavy atom. The Hall–Kier alpha value is -2.17. The van der Waals surface area contributed by atoms with Crippen LogP contribution in [0.2, 0.25) is 0 Å². The van der Waals surface area contributed by atoms with Gasteiger partial charge in [-0.15, -0.1) is 0 Å². The predicted octanol–water partition coefficient (Wildman–Crippen LogP) is 2.84. The maximum atomic E-state index is 11.4. The van der Waals surface area contributed by atoms with Crippen LogP contribution in [0.25, 0.3) is 0 Å². The summed E-state index contributed by atoms with van der Waals surface area (Å²) in [5, 5.41) is 20.1. The maximum Gasteiger partial charge on any atom is 0.336 e. The molecule has 2 aromatic rings. The zero-order valence-corrected chi connectivity index (χ0v) is 14.2. The molecule has 0 saturated carbocycles. The molecule has 1 fully saturated rings. The number of rotatable bonds is 3. The summed E-state index contributed by atoms with van der Waals surface area (Å²) >= 11 is 0. The van der Waals surface area contributed by atoms with Crippen LogP contribution in [0.4, 0.5) is 0 Å². The molecule has 0 radical (unpaired) electrons. The van der Waals surface area contributed by atoms with Crippen molar-refractivity contribution in [3.63, 3.8) is 0 Å². The van der Waals surface area contributed by atoms with E-state index in [1.807, 2.05) is 18.2 Å². The topological polar surface area (TPSA) is 60.8 Å². The maximum absolute atomic E-state index is 11.4. The van der Waals surface area contributed by atoms with Gasteiger partial charge in [-0.2, -0.15) is 0 Å². The third-order valence-corrected chi connectivity index (χ3v) is 5.99. The van der Waals surface area contributed by atoms with Crippen molar-refractivity contribution in [1.29, 1.82) is 0 Å². The van der Waals surface area contributed by atoms with Gasteiger partial charge in [0.05, 0.1) is 11.7 Å². The minimum absolute atomic E-state index is 0.126. The number of carboxylic acid groups (broad SMARTS) is 1. The Balaban J connectivity index is 1.50. The summed E-state index contributed by atoms with van der Waals surface area (Å²) in [6.45, 7) is 2.40.